The van der Waals surface area contributed by atoms with Gasteiger partial charge in [0.1, 0.15) is 5.76 Å². The predicted molar refractivity (Wildman–Crippen MR) is 52.6 cm³/mol. The van der Waals surface area contributed by atoms with E-state index in [9.17, 15) is 0 Å². The van der Waals surface area contributed by atoms with Crippen LogP contribution in [0.4, 0.5) is 0 Å². The number of hydrogen-bond donors (Lipinski definition) is 0. The largest absolute Gasteiger partial charge is 0.469 e. The third-order valence-electron chi connectivity index (χ3n) is 2.79. The van der Waals surface area contributed by atoms with Crippen molar-refractivity contribution in [3.63, 3.8) is 0 Å². The highest BCUT2D eigenvalue weighted by Crippen LogP contribution is 2.20. The first kappa shape index (κ1) is 8.82. The Bertz CT molecular complexity index is 277. The molecule has 1 aliphatic heterocycles. The highest BCUT2D eigenvalue weighted by molar-refractivity contribution is 5.18. The van der Waals surface area contributed by atoms with Crippen LogP contribution in [-0.2, 0) is 13.0 Å². The molecular formula is C11H17NO. The Morgan fingerprint density at radius 1 is 1.46 bits per heavy atom. The molecule has 0 N–H and O–H groups in total. The second kappa shape index (κ2) is 3.54. The molecular weight excluding hydrogens is 162 g/mol. The van der Waals surface area contributed by atoms with Crippen LogP contribution in [0.1, 0.15) is 31.6 Å². The summed E-state index contributed by atoms with van der Waals surface area (Å²) in [6.07, 6.45) is 4.14. The van der Waals surface area contributed by atoms with Crippen LogP contribution >= 0.6 is 0 Å². The SMILES string of the molecule is CC(C)N1CCCc2occc2C1. The lowest BCUT2D eigenvalue weighted by atomic mass is 10.2. The monoisotopic (exact) mass is 179 g/mol. The third-order valence-corrected chi connectivity index (χ3v) is 2.79. The van der Waals surface area contributed by atoms with Gasteiger partial charge in [0.2, 0.25) is 0 Å². The Kier molecular flexibility index (Phi) is 2.40. The van der Waals surface area contributed by atoms with Crippen LogP contribution in [0, 0.1) is 0 Å². The molecule has 0 aromatic carbocycles. The fourth-order valence-corrected chi connectivity index (χ4v) is 1.91. The molecule has 2 heterocycles. The fraction of sp³-hybridized carbons (Fsp3) is 0.636. The van der Waals surface area contributed by atoms with E-state index < -0.39 is 0 Å². The quantitative estimate of drug-likeness (QED) is 0.658. The Balaban J connectivity index is 2.17. The zero-order valence-electron chi connectivity index (χ0n) is 8.42. The molecule has 1 aliphatic rings. The van der Waals surface area contributed by atoms with Gasteiger partial charge in [0.05, 0.1) is 6.26 Å². The van der Waals surface area contributed by atoms with Crippen molar-refractivity contribution in [2.24, 2.45) is 0 Å². The van der Waals surface area contributed by atoms with Gasteiger partial charge in [0.15, 0.2) is 0 Å². The summed E-state index contributed by atoms with van der Waals surface area (Å²) in [4.78, 5) is 2.50. The van der Waals surface area contributed by atoms with E-state index in [0.717, 1.165) is 13.0 Å². The number of hydrogen-bond acceptors (Lipinski definition) is 2. The van der Waals surface area contributed by atoms with E-state index in [1.807, 2.05) is 6.26 Å². The molecule has 0 bridgehead atoms. The van der Waals surface area contributed by atoms with E-state index in [1.54, 1.807) is 0 Å². The molecule has 1 aromatic heterocycles. The van der Waals surface area contributed by atoms with Gasteiger partial charge in [0.25, 0.3) is 0 Å². The third kappa shape index (κ3) is 1.78. The lowest BCUT2D eigenvalue weighted by molar-refractivity contribution is 0.216. The first-order chi connectivity index (χ1) is 6.27. The van der Waals surface area contributed by atoms with Crippen molar-refractivity contribution in [1.82, 2.24) is 4.90 Å². The van der Waals surface area contributed by atoms with Gasteiger partial charge in [-0.1, -0.05) is 0 Å². The Morgan fingerprint density at radius 3 is 3.08 bits per heavy atom. The molecule has 13 heavy (non-hydrogen) atoms. The van der Waals surface area contributed by atoms with Gasteiger partial charge in [-0.15, -0.1) is 0 Å². The summed E-state index contributed by atoms with van der Waals surface area (Å²) in [6.45, 7) is 6.77. The summed E-state index contributed by atoms with van der Waals surface area (Å²) in [5.74, 6) is 1.20. The van der Waals surface area contributed by atoms with E-state index in [0.29, 0.717) is 6.04 Å². The minimum atomic E-state index is 0.640. The highest BCUT2D eigenvalue weighted by Gasteiger charge is 2.17. The van der Waals surface area contributed by atoms with Crippen molar-refractivity contribution in [1.29, 1.82) is 0 Å². The zero-order chi connectivity index (χ0) is 9.26. The van der Waals surface area contributed by atoms with Gasteiger partial charge in [-0.3, -0.25) is 4.90 Å². The van der Waals surface area contributed by atoms with Gasteiger partial charge in [-0.05, 0) is 32.9 Å². The van der Waals surface area contributed by atoms with E-state index in [1.165, 1.54) is 24.3 Å². The number of rotatable bonds is 1. The lowest BCUT2D eigenvalue weighted by Crippen LogP contribution is -2.30. The van der Waals surface area contributed by atoms with Gasteiger partial charge in [-0.2, -0.15) is 0 Å². The topological polar surface area (TPSA) is 16.4 Å². The van der Waals surface area contributed by atoms with Crippen LogP contribution in [0.3, 0.4) is 0 Å². The van der Waals surface area contributed by atoms with Gasteiger partial charge in [0, 0.05) is 24.6 Å². The molecule has 0 spiro atoms. The number of fused-ring (bicyclic) bond motifs is 1. The number of nitrogens with zero attached hydrogens (tertiary/aromatic N) is 1. The molecule has 0 aliphatic carbocycles. The van der Waals surface area contributed by atoms with Crippen molar-refractivity contribution in [2.45, 2.75) is 39.3 Å². The van der Waals surface area contributed by atoms with Crippen LogP contribution in [0.2, 0.25) is 0 Å². The lowest BCUT2D eigenvalue weighted by Gasteiger charge is -2.23. The molecule has 0 amide bonds. The Hall–Kier alpha value is -0.760. The standard InChI is InChI=1S/C11H17NO/c1-9(2)12-6-3-4-11-10(8-12)5-7-13-11/h5,7,9H,3-4,6,8H2,1-2H3. The van der Waals surface area contributed by atoms with Crippen LogP contribution < -0.4 is 0 Å². The normalized spacial score (nSPS) is 18.7. The summed E-state index contributed by atoms with van der Waals surface area (Å²) >= 11 is 0. The summed E-state index contributed by atoms with van der Waals surface area (Å²) in [5, 5.41) is 0. The molecule has 0 radical (unpaired) electrons. The van der Waals surface area contributed by atoms with Crippen molar-refractivity contribution >= 4 is 0 Å². The predicted octanol–water partition coefficient (Wildman–Crippen LogP) is 2.44. The highest BCUT2D eigenvalue weighted by atomic mass is 16.3. The van der Waals surface area contributed by atoms with Crippen molar-refractivity contribution in [3.8, 4) is 0 Å². The maximum atomic E-state index is 5.44. The molecule has 1 aromatic rings. The Morgan fingerprint density at radius 2 is 2.31 bits per heavy atom. The maximum Gasteiger partial charge on any atom is 0.108 e. The van der Waals surface area contributed by atoms with Crippen molar-refractivity contribution in [3.05, 3.63) is 23.7 Å². The van der Waals surface area contributed by atoms with E-state index in [-0.39, 0.29) is 0 Å². The van der Waals surface area contributed by atoms with Crippen LogP contribution in [0.15, 0.2) is 16.7 Å². The molecule has 2 nitrogen and oxygen atoms in total. The molecule has 72 valence electrons. The van der Waals surface area contributed by atoms with Crippen molar-refractivity contribution in [2.75, 3.05) is 6.54 Å². The average molecular weight is 179 g/mol. The Labute approximate surface area is 79.5 Å². The first-order valence-corrected chi connectivity index (χ1v) is 5.06. The average Bonchev–Trinajstić information content (AvgIpc) is 2.42. The van der Waals surface area contributed by atoms with Gasteiger partial charge >= 0.3 is 0 Å². The maximum absolute atomic E-state index is 5.44. The second-order valence-corrected chi connectivity index (χ2v) is 4.04. The van der Waals surface area contributed by atoms with E-state index in [4.69, 9.17) is 4.42 Å². The minimum absolute atomic E-state index is 0.640. The molecule has 0 saturated carbocycles. The number of aryl methyl sites for hydroxylation is 1. The summed E-state index contributed by atoms with van der Waals surface area (Å²) in [5.41, 5.74) is 1.38. The van der Waals surface area contributed by atoms with Crippen LogP contribution in [-0.4, -0.2) is 17.5 Å². The molecule has 0 saturated heterocycles. The summed E-state index contributed by atoms with van der Waals surface area (Å²) in [7, 11) is 0. The summed E-state index contributed by atoms with van der Waals surface area (Å²) in [6, 6.07) is 2.75. The molecule has 0 atom stereocenters. The van der Waals surface area contributed by atoms with Gasteiger partial charge < -0.3 is 4.42 Å². The molecule has 2 rings (SSSR count). The second-order valence-electron chi connectivity index (χ2n) is 4.04. The van der Waals surface area contributed by atoms with Crippen molar-refractivity contribution < 1.29 is 4.42 Å². The molecule has 0 unspecified atom stereocenters. The van der Waals surface area contributed by atoms with Gasteiger partial charge in [-0.25, -0.2) is 0 Å². The number of furan rings is 1. The zero-order valence-corrected chi connectivity index (χ0v) is 8.42. The van der Waals surface area contributed by atoms with Crippen LogP contribution in [0.25, 0.3) is 0 Å². The minimum Gasteiger partial charge on any atom is -0.469 e. The smallest absolute Gasteiger partial charge is 0.108 e. The molecule has 2 heteroatoms. The molecule has 0 fully saturated rings. The first-order valence-electron chi connectivity index (χ1n) is 5.06. The van der Waals surface area contributed by atoms with Crippen LogP contribution in [0.5, 0.6) is 0 Å². The van der Waals surface area contributed by atoms with E-state index in [2.05, 4.69) is 24.8 Å². The fourth-order valence-electron chi connectivity index (χ4n) is 1.91. The van der Waals surface area contributed by atoms with E-state index >= 15 is 0 Å². The summed E-state index contributed by atoms with van der Waals surface area (Å²) < 4.78 is 5.44.